The molecule has 0 radical (unpaired) electrons. The van der Waals surface area contributed by atoms with E-state index in [-0.39, 0.29) is 23.3 Å². The molecule has 1 aliphatic heterocycles. The smallest absolute Gasteiger partial charge is 0.266 e. The third kappa shape index (κ3) is 4.81. The fraction of sp³-hybridized carbons (Fsp3) is 0.316. The molecule has 164 valence electrons. The van der Waals surface area contributed by atoms with Gasteiger partial charge >= 0.3 is 0 Å². The summed E-state index contributed by atoms with van der Waals surface area (Å²) < 4.78 is 60.2. The Bertz CT molecular complexity index is 1170. The molecule has 8 nitrogen and oxygen atoms in total. The Morgan fingerprint density at radius 1 is 1.19 bits per heavy atom. The second-order valence-corrected chi connectivity index (χ2v) is 9.65. The number of rotatable bonds is 6. The molecule has 12 heteroatoms. The molecule has 0 unspecified atom stereocenters. The molecule has 4 rings (SSSR count). The number of aromatic nitrogens is 3. The molecule has 1 fully saturated rings. The Hall–Kier alpha value is -2.70. The fourth-order valence-electron chi connectivity index (χ4n) is 3.73. The lowest BCUT2D eigenvalue weighted by molar-refractivity contribution is 0.138. The van der Waals surface area contributed by atoms with E-state index in [1.54, 1.807) is 12.3 Å². The van der Waals surface area contributed by atoms with E-state index in [0.717, 1.165) is 48.8 Å². The van der Waals surface area contributed by atoms with E-state index >= 15 is 0 Å². The molecule has 3 heterocycles. The highest BCUT2D eigenvalue weighted by Crippen LogP contribution is 2.33. The highest BCUT2D eigenvalue weighted by molar-refractivity contribution is 7.93. The second-order valence-electron chi connectivity index (χ2n) is 7.22. The minimum atomic E-state index is -4.34. The van der Waals surface area contributed by atoms with Crippen LogP contribution >= 0.6 is 11.5 Å². The minimum Gasteiger partial charge on any atom is -0.384 e. The highest BCUT2D eigenvalue weighted by Gasteiger charge is 2.27. The van der Waals surface area contributed by atoms with Crippen molar-refractivity contribution in [3.63, 3.8) is 0 Å². The summed E-state index contributed by atoms with van der Waals surface area (Å²) in [5.74, 6) is -1.43. The van der Waals surface area contributed by atoms with Crippen LogP contribution in [0.15, 0.2) is 41.7 Å². The van der Waals surface area contributed by atoms with E-state index in [9.17, 15) is 17.2 Å². The summed E-state index contributed by atoms with van der Waals surface area (Å²) >= 11 is 0.792. The van der Waals surface area contributed by atoms with Crippen molar-refractivity contribution in [2.75, 3.05) is 17.0 Å². The van der Waals surface area contributed by atoms with E-state index in [4.69, 9.17) is 5.73 Å². The monoisotopic (exact) mass is 466 g/mol. The SMILES string of the molecule is Nc1cc([C@H]2CCCCN2Cc2cc(F)c(S(=O)(=O)Nc3ncns3)cc2F)ccn1. The van der Waals surface area contributed by atoms with Gasteiger partial charge in [-0.15, -0.1) is 0 Å². The van der Waals surface area contributed by atoms with Crippen LogP contribution in [0.2, 0.25) is 0 Å². The van der Waals surface area contributed by atoms with Gasteiger partial charge in [-0.3, -0.25) is 9.62 Å². The van der Waals surface area contributed by atoms with E-state index in [2.05, 4.69) is 19.1 Å². The second kappa shape index (κ2) is 8.81. The Morgan fingerprint density at radius 3 is 2.77 bits per heavy atom. The van der Waals surface area contributed by atoms with Crippen molar-refractivity contribution < 1.29 is 17.2 Å². The number of nitrogens with zero attached hydrogens (tertiary/aromatic N) is 4. The van der Waals surface area contributed by atoms with Crippen LogP contribution in [0.3, 0.4) is 0 Å². The molecule has 1 aliphatic rings. The third-order valence-electron chi connectivity index (χ3n) is 5.15. The summed E-state index contributed by atoms with van der Waals surface area (Å²) in [4.78, 5) is 8.97. The van der Waals surface area contributed by atoms with Crippen LogP contribution in [-0.4, -0.2) is 34.2 Å². The first-order chi connectivity index (χ1) is 14.8. The number of sulfonamides is 1. The standard InChI is InChI=1S/C19H20F2N6O2S2/c20-14-9-17(31(28,29)26-19-24-11-25-30-19)15(21)7-13(14)10-27-6-2-1-3-16(27)12-4-5-23-18(22)8-12/h4-5,7-9,11,16H,1-3,6,10H2,(H2,22,23)(H,24,25,26)/t16-/m1/s1. The van der Waals surface area contributed by atoms with Crippen LogP contribution in [0, 0.1) is 11.6 Å². The van der Waals surface area contributed by atoms with Gasteiger partial charge in [0.05, 0.1) is 0 Å². The first-order valence-electron chi connectivity index (χ1n) is 9.56. The van der Waals surface area contributed by atoms with Crippen molar-refractivity contribution in [1.82, 2.24) is 19.2 Å². The van der Waals surface area contributed by atoms with Crippen molar-refractivity contribution in [1.29, 1.82) is 0 Å². The minimum absolute atomic E-state index is 0.0102. The number of nitrogens with two attached hydrogens (primary N) is 1. The number of hydrogen-bond acceptors (Lipinski definition) is 8. The molecule has 0 saturated carbocycles. The molecule has 0 amide bonds. The van der Waals surface area contributed by atoms with Gasteiger partial charge in [0.1, 0.15) is 28.7 Å². The fourth-order valence-corrected chi connectivity index (χ4v) is 5.47. The average molecular weight is 467 g/mol. The number of nitrogen functional groups attached to an aromatic ring is 1. The summed E-state index contributed by atoms with van der Waals surface area (Å²) in [7, 11) is -4.34. The van der Waals surface area contributed by atoms with Gasteiger partial charge in [-0.2, -0.15) is 4.37 Å². The number of piperidine rings is 1. The first kappa shape index (κ1) is 21.5. The molecule has 1 atom stereocenters. The van der Waals surface area contributed by atoms with Gasteiger partial charge < -0.3 is 5.73 Å². The lowest BCUT2D eigenvalue weighted by Crippen LogP contribution is -2.33. The van der Waals surface area contributed by atoms with Crippen molar-refractivity contribution in [3.05, 3.63) is 59.6 Å². The Labute approximate surface area is 182 Å². The summed E-state index contributed by atoms with van der Waals surface area (Å²) in [5, 5.41) is -0.0309. The maximum atomic E-state index is 14.8. The molecule has 1 saturated heterocycles. The van der Waals surface area contributed by atoms with Gasteiger partial charge in [0.2, 0.25) is 5.13 Å². The summed E-state index contributed by atoms with van der Waals surface area (Å²) in [6.07, 6.45) is 5.58. The van der Waals surface area contributed by atoms with Crippen LogP contribution < -0.4 is 10.5 Å². The third-order valence-corrected chi connectivity index (χ3v) is 7.21. The average Bonchev–Trinajstić information content (AvgIpc) is 3.23. The molecule has 1 aromatic carbocycles. The predicted octanol–water partition coefficient (Wildman–Crippen LogP) is 3.32. The highest BCUT2D eigenvalue weighted by atomic mass is 32.2. The maximum Gasteiger partial charge on any atom is 0.266 e. The quantitative estimate of drug-likeness (QED) is 0.573. The summed E-state index contributed by atoms with van der Waals surface area (Å²) in [5.41, 5.74) is 6.85. The molecule has 31 heavy (non-hydrogen) atoms. The Kier molecular flexibility index (Phi) is 6.12. The van der Waals surface area contributed by atoms with Crippen molar-refractivity contribution in [2.24, 2.45) is 0 Å². The zero-order chi connectivity index (χ0) is 22.0. The van der Waals surface area contributed by atoms with Gasteiger partial charge in [0.25, 0.3) is 10.0 Å². The molecule has 2 aromatic heterocycles. The van der Waals surface area contributed by atoms with Gasteiger partial charge in [-0.1, -0.05) is 6.42 Å². The largest absolute Gasteiger partial charge is 0.384 e. The summed E-state index contributed by atoms with van der Waals surface area (Å²) in [6, 6.07) is 5.29. The van der Waals surface area contributed by atoms with Crippen LogP contribution in [0.25, 0.3) is 0 Å². The molecule has 0 bridgehead atoms. The number of nitrogens with one attached hydrogen (secondary N) is 1. The topological polar surface area (TPSA) is 114 Å². The number of halogens is 2. The molecular weight excluding hydrogens is 446 g/mol. The number of hydrogen-bond donors (Lipinski definition) is 2. The van der Waals surface area contributed by atoms with Crippen molar-refractivity contribution >= 4 is 32.5 Å². The number of benzene rings is 1. The number of likely N-dealkylation sites (tertiary alicyclic amines) is 1. The van der Waals surface area contributed by atoms with Gasteiger partial charge in [-0.05, 0) is 49.2 Å². The van der Waals surface area contributed by atoms with Crippen LogP contribution in [0.1, 0.15) is 36.4 Å². The maximum absolute atomic E-state index is 14.8. The van der Waals surface area contributed by atoms with Crippen molar-refractivity contribution in [2.45, 2.75) is 36.7 Å². The van der Waals surface area contributed by atoms with Crippen LogP contribution in [-0.2, 0) is 16.6 Å². The molecular formula is C19H20F2N6O2S2. The molecule has 3 N–H and O–H groups in total. The molecule has 3 aromatic rings. The van der Waals surface area contributed by atoms with E-state index in [1.165, 1.54) is 0 Å². The molecule has 0 aliphatic carbocycles. The Morgan fingerprint density at radius 2 is 2.03 bits per heavy atom. The Balaban J connectivity index is 1.59. The zero-order valence-electron chi connectivity index (χ0n) is 16.3. The number of pyridine rings is 1. The van der Waals surface area contributed by atoms with Crippen molar-refractivity contribution in [3.8, 4) is 0 Å². The van der Waals surface area contributed by atoms with Crippen LogP contribution in [0.5, 0.6) is 0 Å². The van der Waals surface area contributed by atoms with Gasteiger partial charge in [0.15, 0.2) is 0 Å². The zero-order valence-corrected chi connectivity index (χ0v) is 18.0. The lowest BCUT2D eigenvalue weighted by atomic mass is 9.95. The van der Waals surface area contributed by atoms with E-state index in [1.807, 2.05) is 11.0 Å². The van der Waals surface area contributed by atoms with Crippen LogP contribution in [0.4, 0.5) is 19.7 Å². The summed E-state index contributed by atoms with van der Waals surface area (Å²) in [6.45, 7) is 0.840. The van der Waals surface area contributed by atoms with Gasteiger partial charge in [0, 0.05) is 35.9 Å². The van der Waals surface area contributed by atoms with Gasteiger partial charge in [-0.25, -0.2) is 27.2 Å². The first-order valence-corrected chi connectivity index (χ1v) is 11.8. The lowest BCUT2D eigenvalue weighted by Gasteiger charge is -2.36. The molecule has 0 spiro atoms. The predicted molar refractivity (Wildman–Crippen MR) is 113 cm³/mol. The normalized spacial score (nSPS) is 17.5. The van der Waals surface area contributed by atoms with E-state index < -0.39 is 26.6 Å². The number of anilines is 2. The van der Waals surface area contributed by atoms with E-state index in [0.29, 0.717) is 18.4 Å².